The third-order valence-corrected chi connectivity index (χ3v) is 3.63. The van der Waals surface area contributed by atoms with Crippen molar-refractivity contribution in [2.75, 3.05) is 7.11 Å². The highest BCUT2D eigenvalue weighted by Crippen LogP contribution is 2.16. The van der Waals surface area contributed by atoms with Gasteiger partial charge in [-0.3, -0.25) is 18.6 Å². The summed E-state index contributed by atoms with van der Waals surface area (Å²) in [5.74, 6) is 0.172. The fourth-order valence-corrected chi connectivity index (χ4v) is 2.60. The van der Waals surface area contributed by atoms with Crippen LogP contribution in [0.15, 0.2) is 35.3 Å². The Morgan fingerprint density at radius 3 is 2.82 bits per heavy atom. The first-order valence-electron chi connectivity index (χ1n) is 7.22. The highest BCUT2D eigenvalue weighted by atomic mass is 16.5. The van der Waals surface area contributed by atoms with Crippen LogP contribution in [0, 0.1) is 0 Å². The number of hydrogen-bond acceptors (Lipinski definition) is 4. The smallest absolute Gasteiger partial charge is 0.310 e. The average molecular weight is 299 g/mol. The summed E-state index contributed by atoms with van der Waals surface area (Å²) < 4.78 is 8.17. The van der Waals surface area contributed by atoms with Gasteiger partial charge in [0.2, 0.25) is 5.78 Å². The normalized spacial score (nSPS) is 11.2. The molecule has 3 rings (SSSR count). The lowest BCUT2D eigenvalue weighted by atomic mass is 10.2. The predicted molar refractivity (Wildman–Crippen MR) is 83.0 cm³/mol. The quantitative estimate of drug-likeness (QED) is 0.689. The Morgan fingerprint density at radius 1 is 1.32 bits per heavy atom. The molecule has 0 unspecified atom stereocenters. The molecular formula is C16H17N3O3. The van der Waals surface area contributed by atoms with Crippen molar-refractivity contribution in [3.05, 3.63) is 46.4 Å². The number of ether oxygens (including phenoxy) is 1. The first kappa shape index (κ1) is 14.3. The number of nitrogens with zero attached hydrogens (tertiary/aromatic N) is 3. The van der Waals surface area contributed by atoms with Crippen LogP contribution in [0.25, 0.3) is 16.8 Å². The number of para-hydroxylation sites is 2. The van der Waals surface area contributed by atoms with E-state index in [1.807, 2.05) is 35.6 Å². The Labute approximate surface area is 127 Å². The minimum atomic E-state index is -0.427. The predicted octanol–water partition coefficient (Wildman–Crippen LogP) is 1.77. The maximum atomic E-state index is 12.6. The minimum absolute atomic E-state index is 0.0402. The van der Waals surface area contributed by atoms with Gasteiger partial charge in [0, 0.05) is 18.3 Å². The molecule has 3 aromatic rings. The number of methoxy groups -OCH3 is 1. The summed E-state index contributed by atoms with van der Waals surface area (Å²) in [5, 5.41) is 0. The SMILES string of the molecule is CCCn1c(=O)c(CC(=O)OC)cn2c3ccccc3nc12. The molecule has 0 saturated carbocycles. The number of aryl methyl sites for hydroxylation is 1. The van der Waals surface area contributed by atoms with E-state index < -0.39 is 5.97 Å². The fourth-order valence-electron chi connectivity index (χ4n) is 2.60. The number of imidazole rings is 1. The molecule has 2 aromatic heterocycles. The third-order valence-electron chi connectivity index (χ3n) is 3.63. The number of hydrogen-bond donors (Lipinski definition) is 0. The zero-order valence-electron chi connectivity index (χ0n) is 12.6. The summed E-state index contributed by atoms with van der Waals surface area (Å²) in [5.41, 5.74) is 1.96. The number of carbonyl (C=O) groups is 1. The van der Waals surface area contributed by atoms with Crippen LogP contribution >= 0.6 is 0 Å². The molecule has 0 spiro atoms. The Kier molecular flexibility index (Phi) is 3.66. The molecule has 2 heterocycles. The summed E-state index contributed by atoms with van der Waals surface area (Å²) >= 11 is 0. The molecule has 6 heteroatoms. The van der Waals surface area contributed by atoms with E-state index in [0.717, 1.165) is 17.5 Å². The zero-order chi connectivity index (χ0) is 15.7. The number of carbonyl (C=O) groups excluding carboxylic acids is 1. The second-order valence-corrected chi connectivity index (χ2v) is 5.13. The molecular weight excluding hydrogens is 282 g/mol. The van der Waals surface area contributed by atoms with E-state index >= 15 is 0 Å². The van der Waals surface area contributed by atoms with E-state index in [0.29, 0.717) is 17.9 Å². The summed E-state index contributed by atoms with van der Waals surface area (Å²) in [7, 11) is 1.32. The zero-order valence-corrected chi connectivity index (χ0v) is 12.6. The molecule has 0 amide bonds. The van der Waals surface area contributed by atoms with Crippen LogP contribution in [0.4, 0.5) is 0 Å². The Hall–Kier alpha value is -2.63. The van der Waals surface area contributed by atoms with E-state index in [4.69, 9.17) is 0 Å². The van der Waals surface area contributed by atoms with Gasteiger partial charge in [-0.05, 0) is 18.6 Å². The van der Waals surface area contributed by atoms with Crippen molar-refractivity contribution in [1.29, 1.82) is 0 Å². The van der Waals surface area contributed by atoms with E-state index in [2.05, 4.69) is 9.72 Å². The van der Waals surface area contributed by atoms with Crippen LogP contribution in [-0.2, 0) is 22.5 Å². The monoisotopic (exact) mass is 299 g/mol. The Bertz CT molecular complexity index is 908. The lowest BCUT2D eigenvalue weighted by molar-refractivity contribution is -0.139. The van der Waals surface area contributed by atoms with E-state index in [9.17, 15) is 9.59 Å². The Morgan fingerprint density at radius 2 is 2.09 bits per heavy atom. The lowest BCUT2D eigenvalue weighted by Gasteiger charge is -2.09. The van der Waals surface area contributed by atoms with Crippen LogP contribution < -0.4 is 5.56 Å². The number of aromatic nitrogens is 3. The molecule has 0 aliphatic carbocycles. The molecule has 0 bridgehead atoms. The van der Waals surface area contributed by atoms with Crippen LogP contribution in [0.3, 0.4) is 0 Å². The summed E-state index contributed by atoms with van der Waals surface area (Å²) in [6.07, 6.45) is 2.46. The van der Waals surface area contributed by atoms with Crippen LogP contribution in [0.5, 0.6) is 0 Å². The largest absolute Gasteiger partial charge is 0.469 e. The molecule has 0 aliphatic heterocycles. The topological polar surface area (TPSA) is 65.6 Å². The average Bonchev–Trinajstić information content (AvgIpc) is 2.89. The third kappa shape index (κ3) is 2.26. The number of benzene rings is 1. The van der Waals surface area contributed by atoms with E-state index in [1.165, 1.54) is 7.11 Å². The summed E-state index contributed by atoms with van der Waals surface area (Å²) in [6.45, 7) is 2.55. The van der Waals surface area contributed by atoms with Crippen LogP contribution in [0.1, 0.15) is 18.9 Å². The van der Waals surface area contributed by atoms with Crippen molar-refractivity contribution in [2.24, 2.45) is 0 Å². The van der Waals surface area contributed by atoms with Crippen LogP contribution in [-0.4, -0.2) is 27.0 Å². The summed E-state index contributed by atoms with van der Waals surface area (Å²) in [4.78, 5) is 28.7. The van der Waals surface area contributed by atoms with Crippen molar-refractivity contribution in [3.63, 3.8) is 0 Å². The van der Waals surface area contributed by atoms with Gasteiger partial charge in [-0.15, -0.1) is 0 Å². The van der Waals surface area contributed by atoms with E-state index in [1.54, 1.807) is 10.8 Å². The van der Waals surface area contributed by atoms with Crippen molar-refractivity contribution >= 4 is 22.8 Å². The molecule has 0 N–H and O–H groups in total. The number of rotatable bonds is 4. The molecule has 22 heavy (non-hydrogen) atoms. The van der Waals surface area contributed by atoms with Gasteiger partial charge in [-0.1, -0.05) is 19.1 Å². The minimum Gasteiger partial charge on any atom is -0.469 e. The maximum Gasteiger partial charge on any atom is 0.310 e. The first-order valence-corrected chi connectivity index (χ1v) is 7.22. The van der Waals surface area contributed by atoms with Crippen molar-refractivity contribution in [1.82, 2.24) is 14.0 Å². The number of fused-ring (bicyclic) bond motifs is 3. The maximum absolute atomic E-state index is 12.6. The lowest BCUT2D eigenvalue weighted by Crippen LogP contribution is -2.27. The Balaban J connectivity index is 2.33. The summed E-state index contributed by atoms with van der Waals surface area (Å²) in [6, 6.07) is 7.68. The first-order chi connectivity index (χ1) is 10.7. The number of esters is 1. The molecule has 0 saturated heterocycles. The second-order valence-electron chi connectivity index (χ2n) is 5.13. The molecule has 0 fully saturated rings. The molecule has 0 radical (unpaired) electrons. The molecule has 0 aliphatic rings. The second kappa shape index (κ2) is 5.63. The highest BCUT2D eigenvalue weighted by molar-refractivity contribution is 5.79. The van der Waals surface area contributed by atoms with Crippen molar-refractivity contribution < 1.29 is 9.53 Å². The van der Waals surface area contributed by atoms with Gasteiger partial charge in [0.25, 0.3) is 5.56 Å². The van der Waals surface area contributed by atoms with Crippen molar-refractivity contribution in [2.45, 2.75) is 26.3 Å². The highest BCUT2D eigenvalue weighted by Gasteiger charge is 2.15. The van der Waals surface area contributed by atoms with E-state index in [-0.39, 0.29) is 12.0 Å². The van der Waals surface area contributed by atoms with Gasteiger partial charge in [-0.2, -0.15) is 0 Å². The van der Waals surface area contributed by atoms with Gasteiger partial charge >= 0.3 is 5.97 Å². The molecule has 1 aromatic carbocycles. The van der Waals surface area contributed by atoms with Gasteiger partial charge in [0.05, 0.1) is 24.6 Å². The molecule has 0 atom stereocenters. The van der Waals surface area contributed by atoms with Gasteiger partial charge in [0.15, 0.2) is 0 Å². The van der Waals surface area contributed by atoms with Gasteiger partial charge in [-0.25, -0.2) is 4.98 Å². The van der Waals surface area contributed by atoms with Gasteiger partial charge in [0.1, 0.15) is 0 Å². The van der Waals surface area contributed by atoms with Crippen LogP contribution in [0.2, 0.25) is 0 Å². The molecule has 114 valence electrons. The van der Waals surface area contributed by atoms with Crippen molar-refractivity contribution in [3.8, 4) is 0 Å². The van der Waals surface area contributed by atoms with Gasteiger partial charge < -0.3 is 4.74 Å². The fraction of sp³-hybridized carbons (Fsp3) is 0.312. The molecule has 6 nitrogen and oxygen atoms in total. The standard InChI is InChI=1S/C16H17N3O3/c1-3-8-18-15(21)11(9-14(20)22-2)10-19-13-7-5-4-6-12(13)17-16(18)19/h4-7,10H,3,8-9H2,1-2H3.